The largest absolute Gasteiger partial charge is 0.490 e. The minimum atomic E-state index is 0.511. The Hall–Kier alpha value is -2.16. The number of hydrogen-bond acceptors (Lipinski definition) is 3. The van der Waals surface area contributed by atoms with Gasteiger partial charge in [-0.05, 0) is 55.3 Å². The van der Waals surface area contributed by atoms with Crippen LogP contribution in [0.2, 0.25) is 0 Å². The Bertz CT molecular complexity index is 535. The lowest BCUT2D eigenvalue weighted by atomic mass is 10.1. The molecule has 0 aliphatic heterocycles. The molecule has 19 heavy (non-hydrogen) atoms. The fraction of sp³-hybridized carbons (Fsp3) is 0.250. The first kappa shape index (κ1) is 13.3. The van der Waals surface area contributed by atoms with Gasteiger partial charge in [0, 0.05) is 5.69 Å². The van der Waals surface area contributed by atoms with Crippen molar-refractivity contribution in [1.82, 2.24) is 0 Å². The summed E-state index contributed by atoms with van der Waals surface area (Å²) in [6.45, 7) is 5.17. The topological polar surface area (TPSA) is 44.5 Å². The molecule has 2 rings (SSSR count). The zero-order valence-corrected chi connectivity index (χ0v) is 11.3. The normalized spacial score (nSPS) is 10.2. The number of nitrogens with two attached hydrogens (primary N) is 1. The van der Waals surface area contributed by atoms with Gasteiger partial charge in [0.2, 0.25) is 0 Å². The van der Waals surface area contributed by atoms with E-state index in [4.69, 9.17) is 15.2 Å². The van der Waals surface area contributed by atoms with E-state index in [1.54, 1.807) is 0 Å². The fourth-order valence-corrected chi connectivity index (χ4v) is 1.76. The predicted molar refractivity (Wildman–Crippen MR) is 77.8 cm³/mol. The van der Waals surface area contributed by atoms with Gasteiger partial charge in [0.25, 0.3) is 0 Å². The summed E-state index contributed by atoms with van der Waals surface area (Å²) in [5, 5.41) is 0. The van der Waals surface area contributed by atoms with E-state index >= 15 is 0 Å². The van der Waals surface area contributed by atoms with Gasteiger partial charge in [-0.3, -0.25) is 0 Å². The molecule has 0 saturated heterocycles. The lowest BCUT2D eigenvalue weighted by Gasteiger charge is -2.11. The molecule has 2 N–H and O–H groups in total. The number of benzene rings is 2. The summed E-state index contributed by atoms with van der Waals surface area (Å²) >= 11 is 0. The second-order valence-corrected chi connectivity index (χ2v) is 4.46. The van der Waals surface area contributed by atoms with E-state index in [2.05, 4.69) is 19.9 Å². The van der Waals surface area contributed by atoms with Gasteiger partial charge in [-0.1, -0.05) is 12.1 Å². The zero-order valence-electron chi connectivity index (χ0n) is 11.3. The van der Waals surface area contributed by atoms with Gasteiger partial charge in [-0.15, -0.1) is 0 Å². The van der Waals surface area contributed by atoms with Crippen LogP contribution in [0.5, 0.6) is 11.5 Å². The predicted octanol–water partition coefficient (Wildman–Crippen LogP) is 3.34. The maximum absolute atomic E-state index is 5.71. The van der Waals surface area contributed by atoms with Crippen molar-refractivity contribution in [2.75, 3.05) is 18.9 Å². The van der Waals surface area contributed by atoms with Gasteiger partial charge in [0.15, 0.2) is 0 Å². The summed E-state index contributed by atoms with van der Waals surface area (Å²) in [5.74, 6) is 1.72. The molecule has 100 valence electrons. The molecule has 0 amide bonds. The summed E-state index contributed by atoms with van der Waals surface area (Å²) in [6, 6.07) is 13.4. The number of rotatable bonds is 5. The van der Waals surface area contributed by atoms with E-state index in [9.17, 15) is 0 Å². The lowest BCUT2D eigenvalue weighted by molar-refractivity contribution is 0.216. The molecule has 0 aliphatic rings. The summed E-state index contributed by atoms with van der Waals surface area (Å²) in [4.78, 5) is 0. The Morgan fingerprint density at radius 3 is 2.32 bits per heavy atom. The second kappa shape index (κ2) is 6.14. The van der Waals surface area contributed by atoms with E-state index in [0.717, 1.165) is 17.2 Å². The Balaban J connectivity index is 1.81. The highest BCUT2D eigenvalue weighted by molar-refractivity contribution is 5.41. The molecule has 0 atom stereocenters. The van der Waals surface area contributed by atoms with Crippen molar-refractivity contribution in [2.45, 2.75) is 13.8 Å². The monoisotopic (exact) mass is 257 g/mol. The van der Waals surface area contributed by atoms with Crippen molar-refractivity contribution in [3.05, 3.63) is 53.6 Å². The molecule has 2 aromatic rings. The zero-order chi connectivity index (χ0) is 13.7. The molecule has 0 aromatic heterocycles. The summed E-state index contributed by atoms with van der Waals surface area (Å²) in [6.07, 6.45) is 0. The maximum Gasteiger partial charge on any atom is 0.122 e. The lowest BCUT2D eigenvalue weighted by Crippen LogP contribution is -2.09. The van der Waals surface area contributed by atoms with Crippen LogP contribution < -0.4 is 15.2 Å². The summed E-state index contributed by atoms with van der Waals surface area (Å²) in [7, 11) is 0. The molecular weight excluding hydrogens is 238 g/mol. The third-order valence-electron chi connectivity index (χ3n) is 3.04. The van der Waals surface area contributed by atoms with Crippen molar-refractivity contribution in [1.29, 1.82) is 0 Å². The van der Waals surface area contributed by atoms with Crippen molar-refractivity contribution in [3.8, 4) is 11.5 Å². The molecule has 0 fully saturated rings. The Morgan fingerprint density at radius 2 is 1.58 bits per heavy atom. The minimum Gasteiger partial charge on any atom is -0.490 e. The Kier molecular flexibility index (Phi) is 4.29. The molecule has 0 heterocycles. The van der Waals surface area contributed by atoms with E-state index in [-0.39, 0.29) is 0 Å². The van der Waals surface area contributed by atoms with Crippen molar-refractivity contribution >= 4 is 5.69 Å². The third-order valence-corrected chi connectivity index (χ3v) is 3.04. The van der Waals surface area contributed by atoms with Crippen molar-refractivity contribution < 1.29 is 9.47 Å². The van der Waals surface area contributed by atoms with Crippen molar-refractivity contribution in [2.24, 2.45) is 0 Å². The molecule has 0 aliphatic carbocycles. The van der Waals surface area contributed by atoms with E-state index in [1.807, 2.05) is 36.4 Å². The molecule has 0 saturated carbocycles. The van der Waals surface area contributed by atoms with Crippen LogP contribution >= 0.6 is 0 Å². The number of aryl methyl sites for hydroxylation is 1. The highest BCUT2D eigenvalue weighted by Gasteiger charge is 2.01. The third kappa shape index (κ3) is 3.65. The number of ether oxygens (including phenoxy) is 2. The first-order valence-electron chi connectivity index (χ1n) is 6.34. The van der Waals surface area contributed by atoms with E-state index < -0.39 is 0 Å². The fourth-order valence-electron chi connectivity index (χ4n) is 1.76. The standard InChI is InChI=1S/C16H19NO2/c1-12-4-3-5-16(13(12)2)19-11-10-18-15-8-6-14(17)7-9-15/h3-9H,10-11,17H2,1-2H3. The van der Waals surface area contributed by atoms with Crippen LogP contribution in [0.3, 0.4) is 0 Å². The quantitative estimate of drug-likeness (QED) is 0.660. The Labute approximate surface area is 114 Å². The van der Waals surface area contributed by atoms with E-state index in [0.29, 0.717) is 13.2 Å². The first-order chi connectivity index (χ1) is 9.16. The first-order valence-corrected chi connectivity index (χ1v) is 6.34. The molecule has 2 aromatic carbocycles. The molecule has 3 nitrogen and oxygen atoms in total. The molecule has 3 heteroatoms. The van der Waals surface area contributed by atoms with Gasteiger partial charge < -0.3 is 15.2 Å². The number of nitrogen functional groups attached to an aromatic ring is 1. The van der Waals surface area contributed by atoms with Crippen LogP contribution in [-0.4, -0.2) is 13.2 Å². The van der Waals surface area contributed by atoms with Gasteiger partial charge >= 0.3 is 0 Å². The van der Waals surface area contributed by atoms with Crippen LogP contribution in [-0.2, 0) is 0 Å². The highest BCUT2D eigenvalue weighted by Crippen LogP contribution is 2.20. The molecular formula is C16H19NO2. The smallest absolute Gasteiger partial charge is 0.122 e. The second-order valence-electron chi connectivity index (χ2n) is 4.46. The van der Waals surface area contributed by atoms with Gasteiger partial charge in [-0.2, -0.15) is 0 Å². The van der Waals surface area contributed by atoms with Crippen LogP contribution in [0.15, 0.2) is 42.5 Å². The minimum absolute atomic E-state index is 0.511. The van der Waals surface area contributed by atoms with Gasteiger partial charge in [-0.25, -0.2) is 0 Å². The SMILES string of the molecule is Cc1cccc(OCCOc2ccc(N)cc2)c1C. The number of hydrogen-bond donors (Lipinski definition) is 1. The average molecular weight is 257 g/mol. The van der Waals surface area contributed by atoms with Crippen LogP contribution in [0.4, 0.5) is 5.69 Å². The highest BCUT2D eigenvalue weighted by atomic mass is 16.5. The molecule has 0 spiro atoms. The van der Waals surface area contributed by atoms with Crippen LogP contribution in [0, 0.1) is 13.8 Å². The van der Waals surface area contributed by atoms with E-state index in [1.165, 1.54) is 11.1 Å². The Morgan fingerprint density at radius 1 is 0.895 bits per heavy atom. The van der Waals surface area contributed by atoms with Gasteiger partial charge in [0.1, 0.15) is 24.7 Å². The average Bonchev–Trinajstić information content (AvgIpc) is 2.41. The van der Waals surface area contributed by atoms with Crippen LogP contribution in [0.1, 0.15) is 11.1 Å². The van der Waals surface area contributed by atoms with Crippen LogP contribution in [0.25, 0.3) is 0 Å². The molecule has 0 bridgehead atoms. The summed E-state index contributed by atoms with van der Waals surface area (Å²) in [5.41, 5.74) is 8.75. The summed E-state index contributed by atoms with van der Waals surface area (Å²) < 4.78 is 11.3. The molecule has 0 radical (unpaired) electrons. The molecule has 0 unspecified atom stereocenters. The van der Waals surface area contributed by atoms with Crippen molar-refractivity contribution in [3.63, 3.8) is 0 Å². The number of anilines is 1. The van der Waals surface area contributed by atoms with Gasteiger partial charge in [0.05, 0.1) is 0 Å². The maximum atomic E-state index is 5.71.